The molecule has 1 aliphatic rings. The number of hydrogen-bond donors (Lipinski definition) is 1. The fourth-order valence-electron chi connectivity index (χ4n) is 4.29. The highest BCUT2D eigenvalue weighted by molar-refractivity contribution is 5.54. The molecule has 3 rings (SSSR count). The Morgan fingerprint density at radius 1 is 0.774 bits per heavy atom. The van der Waals surface area contributed by atoms with E-state index in [4.69, 9.17) is 28.4 Å². The first-order valence-corrected chi connectivity index (χ1v) is 10.3. The Morgan fingerprint density at radius 3 is 2.00 bits per heavy atom. The Bertz CT molecular complexity index is 842. The van der Waals surface area contributed by atoms with Crippen molar-refractivity contribution < 1.29 is 33.5 Å². The predicted molar refractivity (Wildman–Crippen MR) is 117 cm³/mol. The minimum atomic E-state index is -0.422. The van der Waals surface area contributed by atoms with Crippen molar-refractivity contribution in [2.75, 3.05) is 42.2 Å². The molecular formula is C24H32O7. The average molecular weight is 433 g/mol. The summed E-state index contributed by atoms with van der Waals surface area (Å²) in [5, 5.41) is 10.6. The van der Waals surface area contributed by atoms with Crippen molar-refractivity contribution >= 4 is 0 Å². The summed E-state index contributed by atoms with van der Waals surface area (Å²) in [6.07, 6.45) is 1.17. The monoisotopic (exact) mass is 432 g/mol. The zero-order chi connectivity index (χ0) is 22.4. The van der Waals surface area contributed by atoms with E-state index in [-0.39, 0.29) is 11.8 Å². The zero-order valence-corrected chi connectivity index (χ0v) is 18.8. The van der Waals surface area contributed by atoms with Crippen LogP contribution in [0.25, 0.3) is 0 Å². The molecule has 1 fully saturated rings. The second-order valence-corrected chi connectivity index (χ2v) is 7.58. The van der Waals surface area contributed by atoms with Crippen LogP contribution >= 0.6 is 0 Å². The van der Waals surface area contributed by atoms with E-state index in [1.807, 2.05) is 30.3 Å². The molecule has 0 aromatic heterocycles. The lowest BCUT2D eigenvalue weighted by Gasteiger charge is -2.24. The van der Waals surface area contributed by atoms with Gasteiger partial charge in [0.2, 0.25) is 5.75 Å². The molecule has 2 aromatic rings. The summed E-state index contributed by atoms with van der Waals surface area (Å²) >= 11 is 0. The Morgan fingerprint density at radius 2 is 1.42 bits per heavy atom. The van der Waals surface area contributed by atoms with Gasteiger partial charge in [0.15, 0.2) is 23.0 Å². The Kier molecular flexibility index (Phi) is 7.87. The van der Waals surface area contributed by atoms with Gasteiger partial charge in [-0.05, 0) is 54.2 Å². The molecule has 0 bridgehead atoms. The van der Waals surface area contributed by atoms with Crippen molar-refractivity contribution in [3.8, 4) is 28.7 Å². The summed E-state index contributed by atoms with van der Waals surface area (Å²) in [6.45, 7) is 0.863. The van der Waals surface area contributed by atoms with E-state index in [9.17, 15) is 5.11 Å². The molecule has 7 nitrogen and oxygen atoms in total. The maximum atomic E-state index is 10.6. The van der Waals surface area contributed by atoms with Crippen molar-refractivity contribution in [3.05, 3.63) is 41.5 Å². The molecule has 1 aliphatic carbocycles. The van der Waals surface area contributed by atoms with Gasteiger partial charge in [0, 0.05) is 5.92 Å². The summed E-state index contributed by atoms with van der Waals surface area (Å²) in [6, 6.07) is 9.64. The van der Waals surface area contributed by atoms with Crippen molar-refractivity contribution in [3.63, 3.8) is 0 Å². The molecule has 1 N–H and O–H groups in total. The van der Waals surface area contributed by atoms with E-state index >= 15 is 0 Å². The smallest absolute Gasteiger partial charge is 0.203 e. The summed E-state index contributed by atoms with van der Waals surface area (Å²) < 4.78 is 33.1. The van der Waals surface area contributed by atoms with Crippen molar-refractivity contribution in [2.24, 2.45) is 5.92 Å². The number of rotatable bonds is 10. The summed E-state index contributed by atoms with van der Waals surface area (Å²) in [7, 11) is 8.02. The van der Waals surface area contributed by atoms with Crippen molar-refractivity contribution in [1.82, 2.24) is 0 Å². The van der Waals surface area contributed by atoms with Crippen LogP contribution in [0.3, 0.4) is 0 Å². The molecule has 0 aliphatic heterocycles. The lowest BCUT2D eigenvalue weighted by molar-refractivity contribution is 0.0310. The quantitative estimate of drug-likeness (QED) is 0.612. The van der Waals surface area contributed by atoms with Gasteiger partial charge in [-0.25, -0.2) is 0 Å². The van der Waals surface area contributed by atoms with Crippen molar-refractivity contribution in [1.29, 1.82) is 0 Å². The van der Waals surface area contributed by atoms with Gasteiger partial charge < -0.3 is 33.5 Å². The fraction of sp³-hybridized carbons (Fsp3) is 0.500. The second-order valence-electron chi connectivity index (χ2n) is 7.58. The highest BCUT2D eigenvalue weighted by Gasteiger charge is 2.37. The number of methoxy groups -OCH3 is 5. The molecule has 1 saturated carbocycles. The Labute approximate surface area is 183 Å². The first-order valence-electron chi connectivity index (χ1n) is 10.3. The molecule has 0 saturated heterocycles. The molecule has 7 heteroatoms. The van der Waals surface area contributed by atoms with Gasteiger partial charge >= 0.3 is 0 Å². The van der Waals surface area contributed by atoms with Crippen LogP contribution in [0, 0.1) is 5.92 Å². The first kappa shape index (κ1) is 23.0. The van der Waals surface area contributed by atoms with E-state index < -0.39 is 6.10 Å². The summed E-state index contributed by atoms with van der Waals surface area (Å²) in [5.74, 6) is 3.25. The van der Waals surface area contributed by atoms with Crippen LogP contribution in [0.15, 0.2) is 30.3 Å². The van der Waals surface area contributed by atoms with Gasteiger partial charge in [0.05, 0.1) is 54.9 Å². The predicted octanol–water partition coefficient (Wildman–Crippen LogP) is 3.80. The van der Waals surface area contributed by atoms with Crippen LogP contribution in [0.5, 0.6) is 28.7 Å². The first-order chi connectivity index (χ1) is 15.1. The van der Waals surface area contributed by atoms with E-state index in [0.29, 0.717) is 42.0 Å². The molecule has 2 aromatic carbocycles. The van der Waals surface area contributed by atoms with Crippen LogP contribution in [-0.2, 0) is 11.3 Å². The molecule has 0 spiro atoms. The second kappa shape index (κ2) is 10.6. The van der Waals surface area contributed by atoms with Gasteiger partial charge in [-0.2, -0.15) is 0 Å². The molecule has 3 unspecified atom stereocenters. The van der Waals surface area contributed by atoms with Gasteiger partial charge in [-0.15, -0.1) is 0 Å². The standard InChI is InChI=1S/C24H32O7/c1-26-20-9-6-15(10-21(20)27-2)13-31-14-18-17(7-8-19(18)25)16-11-22(28-3)24(30-5)23(12-16)29-4/h6,9-12,17-19,25H,7-8,13-14H2,1-5H3. The van der Waals surface area contributed by atoms with Crippen LogP contribution in [0.4, 0.5) is 0 Å². The topological polar surface area (TPSA) is 75.6 Å². The molecule has 170 valence electrons. The number of aliphatic hydroxyl groups is 1. The molecule has 31 heavy (non-hydrogen) atoms. The largest absolute Gasteiger partial charge is 0.493 e. The summed E-state index contributed by atoms with van der Waals surface area (Å²) in [5.41, 5.74) is 2.03. The third kappa shape index (κ3) is 4.99. The normalized spacial score (nSPS) is 20.4. The van der Waals surface area contributed by atoms with E-state index in [1.165, 1.54) is 0 Å². The Hall–Kier alpha value is -2.64. The molecule has 3 atom stereocenters. The number of aliphatic hydroxyl groups excluding tert-OH is 1. The Balaban J connectivity index is 1.73. The number of ether oxygens (including phenoxy) is 6. The van der Waals surface area contributed by atoms with Crippen LogP contribution in [0.2, 0.25) is 0 Å². The molecule has 0 amide bonds. The molecule has 0 radical (unpaired) electrons. The minimum Gasteiger partial charge on any atom is -0.493 e. The van der Waals surface area contributed by atoms with E-state index in [0.717, 1.165) is 24.0 Å². The van der Waals surface area contributed by atoms with Gasteiger partial charge in [0.1, 0.15) is 0 Å². The molecule has 0 heterocycles. The van der Waals surface area contributed by atoms with Gasteiger partial charge in [0.25, 0.3) is 0 Å². The number of hydrogen-bond acceptors (Lipinski definition) is 7. The summed E-state index contributed by atoms with van der Waals surface area (Å²) in [4.78, 5) is 0. The van der Waals surface area contributed by atoms with Gasteiger partial charge in [-0.1, -0.05) is 6.07 Å². The van der Waals surface area contributed by atoms with E-state index in [2.05, 4.69) is 0 Å². The van der Waals surface area contributed by atoms with Crippen LogP contribution in [-0.4, -0.2) is 53.4 Å². The zero-order valence-electron chi connectivity index (χ0n) is 18.8. The maximum Gasteiger partial charge on any atom is 0.203 e. The van der Waals surface area contributed by atoms with Gasteiger partial charge in [-0.3, -0.25) is 0 Å². The lowest BCUT2D eigenvalue weighted by atomic mass is 9.88. The average Bonchev–Trinajstić information content (AvgIpc) is 3.17. The third-order valence-corrected chi connectivity index (χ3v) is 5.93. The number of benzene rings is 2. The van der Waals surface area contributed by atoms with Crippen molar-refractivity contribution in [2.45, 2.75) is 31.5 Å². The lowest BCUT2D eigenvalue weighted by Crippen LogP contribution is -2.23. The maximum absolute atomic E-state index is 10.6. The third-order valence-electron chi connectivity index (χ3n) is 5.93. The van der Waals surface area contributed by atoms with Crippen LogP contribution < -0.4 is 23.7 Å². The highest BCUT2D eigenvalue weighted by atomic mass is 16.5. The highest BCUT2D eigenvalue weighted by Crippen LogP contribution is 2.46. The fourth-order valence-corrected chi connectivity index (χ4v) is 4.29. The van der Waals surface area contributed by atoms with Crippen LogP contribution in [0.1, 0.15) is 29.9 Å². The van der Waals surface area contributed by atoms with E-state index in [1.54, 1.807) is 35.5 Å². The SMILES string of the molecule is COc1ccc(COCC2C(O)CCC2c2cc(OC)c(OC)c(OC)c2)cc1OC. The molecular weight excluding hydrogens is 400 g/mol. The minimum absolute atomic E-state index is 0.0250.